The number of hydrogen-bond donors (Lipinski definition) is 2. The number of amides is 1. The SMILES string of the molecule is O=C(CCc1c(-c2ccccc2)[nH]c2ccc(F)cc12)Nc1ccc(Cn2ccccc2=O)cc1. The van der Waals surface area contributed by atoms with Gasteiger partial charge in [-0.05, 0) is 59.5 Å². The summed E-state index contributed by atoms with van der Waals surface area (Å²) in [4.78, 5) is 28.0. The minimum absolute atomic E-state index is 0.0584. The lowest BCUT2D eigenvalue weighted by Crippen LogP contribution is -2.18. The lowest BCUT2D eigenvalue weighted by molar-refractivity contribution is -0.116. The molecule has 2 aromatic heterocycles. The number of fused-ring (bicyclic) bond motifs is 1. The van der Waals surface area contributed by atoms with E-state index < -0.39 is 0 Å². The highest BCUT2D eigenvalue weighted by Gasteiger charge is 2.15. The van der Waals surface area contributed by atoms with Crippen LogP contribution in [0.1, 0.15) is 17.5 Å². The van der Waals surface area contributed by atoms with Crippen molar-refractivity contribution >= 4 is 22.5 Å². The van der Waals surface area contributed by atoms with Crippen LogP contribution >= 0.6 is 0 Å². The Balaban J connectivity index is 1.29. The maximum Gasteiger partial charge on any atom is 0.250 e. The van der Waals surface area contributed by atoms with Crippen molar-refractivity contribution in [3.8, 4) is 11.3 Å². The van der Waals surface area contributed by atoms with E-state index in [9.17, 15) is 14.0 Å². The predicted octanol–water partition coefficient (Wildman–Crippen LogP) is 5.76. The van der Waals surface area contributed by atoms with Gasteiger partial charge in [-0.1, -0.05) is 48.5 Å². The van der Waals surface area contributed by atoms with E-state index in [0.717, 1.165) is 33.3 Å². The molecule has 0 bridgehead atoms. The number of H-pyrrole nitrogens is 1. The average Bonchev–Trinajstić information content (AvgIpc) is 3.23. The molecule has 1 amide bonds. The molecule has 2 heterocycles. The summed E-state index contributed by atoms with van der Waals surface area (Å²) in [6.07, 6.45) is 2.47. The largest absolute Gasteiger partial charge is 0.354 e. The summed E-state index contributed by atoms with van der Waals surface area (Å²) in [6, 6.07) is 27.0. The lowest BCUT2D eigenvalue weighted by atomic mass is 10.0. The highest BCUT2D eigenvalue weighted by atomic mass is 19.1. The van der Waals surface area contributed by atoms with Gasteiger partial charge in [0.05, 0.1) is 6.54 Å². The normalized spacial score (nSPS) is 11.0. The number of hydrogen-bond acceptors (Lipinski definition) is 2. The van der Waals surface area contributed by atoms with Crippen molar-refractivity contribution in [1.29, 1.82) is 0 Å². The predicted molar refractivity (Wildman–Crippen MR) is 137 cm³/mol. The molecule has 6 heteroatoms. The molecule has 0 saturated heterocycles. The number of rotatable bonds is 7. The number of benzene rings is 3. The summed E-state index contributed by atoms with van der Waals surface area (Å²) in [6.45, 7) is 0.466. The fourth-order valence-corrected chi connectivity index (χ4v) is 4.27. The lowest BCUT2D eigenvalue weighted by Gasteiger charge is -2.09. The Labute approximate surface area is 201 Å². The smallest absolute Gasteiger partial charge is 0.250 e. The number of aromatic nitrogens is 2. The molecule has 35 heavy (non-hydrogen) atoms. The molecule has 0 aliphatic heterocycles. The van der Waals surface area contributed by atoms with Gasteiger partial charge in [-0.15, -0.1) is 0 Å². The van der Waals surface area contributed by atoms with Gasteiger partial charge in [0, 0.05) is 41.0 Å². The Kier molecular flexibility index (Phi) is 6.26. The van der Waals surface area contributed by atoms with Crippen LogP contribution in [0.15, 0.2) is 102 Å². The van der Waals surface area contributed by atoms with Gasteiger partial charge in [-0.25, -0.2) is 4.39 Å². The van der Waals surface area contributed by atoms with E-state index in [1.165, 1.54) is 18.2 Å². The van der Waals surface area contributed by atoms with Crippen molar-refractivity contribution in [3.63, 3.8) is 0 Å². The van der Waals surface area contributed by atoms with Crippen LogP contribution in [0.5, 0.6) is 0 Å². The van der Waals surface area contributed by atoms with Crippen LogP contribution in [-0.2, 0) is 17.8 Å². The number of carbonyl (C=O) groups excluding carboxylic acids is 1. The molecule has 0 unspecified atom stereocenters. The fraction of sp³-hybridized carbons (Fsp3) is 0.103. The minimum atomic E-state index is -0.306. The summed E-state index contributed by atoms with van der Waals surface area (Å²) >= 11 is 0. The third-order valence-corrected chi connectivity index (χ3v) is 6.02. The molecular formula is C29H24FN3O2. The molecular weight excluding hydrogens is 441 g/mol. The van der Waals surface area contributed by atoms with Crippen LogP contribution in [0.2, 0.25) is 0 Å². The number of nitrogens with one attached hydrogen (secondary N) is 2. The number of aromatic amines is 1. The maximum atomic E-state index is 14.0. The van der Waals surface area contributed by atoms with Crippen molar-refractivity contribution in [2.75, 3.05) is 5.32 Å². The van der Waals surface area contributed by atoms with Crippen LogP contribution in [0.25, 0.3) is 22.2 Å². The van der Waals surface area contributed by atoms with Crippen LogP contribution in [0.3, 0.4) is 0 Å². The molecule has 0 spiro atoms. The van der Waals surface area contributed by atoms with Crippen molar-refractivity contribution in [1.82, 2.24) is 9.55 Å². The highest BCUT2D eigenvalue weighted by molar-refractivity contribution is 5.94. The van der Waals surface area contributed by atoms with E-state index in [2.05, 4.69) is 10.3 Å². The molecule has 0 atom stereocenters. The van der Waals surface area contributed by atoms with Crippen LogP contribution in [0, 0.1) is 5.82 Å². The van der Waals surface area contributed by atoms with Crippen molar-refractivity contribution in [2.45, 2.75) is 19.4 Å². The standard InChI is InChI=1S/C29H24FN3O2/c30-22-11-15-26-25(18-22)24(29(32-26)21-6-2-1-3-7-21)14-16-27(34)31-23-12-9-20(10-13-23)19-33-17-5-4-8-28(33)35/h1-13,15,17-18,32H,14,16,19H2,(H,31,34). The van der Waals surface area contributed by atoms with Gasteiger partial charge in [0.2, 0.25) is 5.91 Å². The van der Waals surface area contributed by atoms with E-state index in [4.69, 9.17) is 0 Å². The van der Waals surface area contributed by atoms with Gasteiger partial charge in [-0.3, -0.25) is 9.59 Å². The first kappa shape index (κ1) is 22.3. The highest BCUT2D eigenvalue weighted by Crippen LogP contribution is 2.32. The number of carbonyl (C=O) groups is 1. The summed E-state index contributed by atoms with van der Waals surface area (Å²) in [5.41, 5.74) is 5.25. The summed E-state index contributed by atoms with van der Waals surface area (Å²) in [5.74, 6) is -0.429. The Morgan fingerprint density at radius 3 is 2.46 bits per heavy atom. The van der Waals surface area contributed by atoms with E-state index in [1.807, 2.05) is 60.7 Å². The fourth-order valence-electron chi connectivity index (χ4n) is 4.27. The topological polar surface area (TPSA) is 66.9 Å². The molecule has 5 aromatic rings. The van der Waals surface area contributed by atoms with Crippen LogP contribution < -0.4 is 10.9 Å². The molecule has 5 nitrogen and oxygen atoms in total. The van der Waals surface area contributed by atoms with E-state index >= 15 is 0 Å². The second-order valence-electron chi connectivity index (χ2n) is 8.45. The van der Waals surface area contributed by atoms with Crippen LogP contribution in [-0.4, -0.2) is 15.5 Å². The Hall–Kier alpha value is -4.45. The Morgan fingerprint density at radius 1 is 0.914 bits per heavy atom. The number of halogens is 1. The zero-order chi connectivity index (χ0) is 24.2. The third-order valence-electron chi connectivity index (χ3n) is 6.02. The second-order valence-corrected chi connectivity index (χ2v) is 8.45. The van der Waals surface area contributed by atoms with Crippen LogP contribution in [0.4, 0.5) is 10.1 Å². The molecule has 2 N–H and O–H groups in total. The summed E-state index contributed by atoms with van der Waals surface area (Å²) in [5, 5.41) is 3.72. The first-order valence-electron chi connectivity index (χ1n) is 11.5. The van der Waals surface area contributed by atoms with E-state index in [-0.39, 0.29) is 23.7 Å². The first-order valence-corrected chi connectivity index (χ1v) is 11.5. The van der Waals surface area contributed by atoms with Gasteiger partial charge in [0.15, 0.2) is 0 Å². The zero-order valence-electron chi connectivity index (χ0n) is 19.0. The quantitative estimate of drug-likeness (QED) is 0.321. The molecule has 0 saturated carbocycles. The molecule has 0 aliphatic carbocycles. The Bertz CT molecular complexity index is 1540. The average molecular weight is 466 g/mol. The maximum absolute atomic E-state index is 14.0. The molecule has 0 fully saturated rings. The molecule has 5 rings (SSSR count). The number of pyridine rings is 1. The van der Waals surface area contributed by atoms with Gasteiger partial charge >= 0.3 is 0 Å². The minimum Gasteiger partial charge on any atom is -0.354 e. The number of anilines is 1. The number of nitrogens with zero attached hydrogens (tertiary/aromatic N) is 1. The number of aryl methyl sites for hydroxylation is 1. The van der Waals surface area contributed by atoms with E-state index in [1.54, 1.807) is 22.9 Å². The first-order chi connectivity index (χ1) is 17.1. The molecule has 174 valence electrons. The molecule has 0 aliphatic rings. The van der Waals surface area contributed by atoms with Gasteiger partial charge in [0.1, 0.15) is 5.82 Å². The Morgan fingerprint density at radius 2 is 1.69 bits per heavy atom. The van der Waals surface area contributed by atoms with Gasteiger partial charge < -0.3 is 14.9 Å². The van der Waals surface area contributed by atoms with Crippen molar-refractivity contribution in [3.05, 3.63) is 124 Å². The van der Waals surface area contributed by atoms with Gasteiger partial charge in [-0.2, -0.15) is 0 Å². The summed E-state index contributed by atoms with van der Waals surface area (Å²) in [7, 11) is 0. The summed E-state index contributed by atoms with van der Waals surface area (Å²) < 4.78 is 15.6. The van der Waals surface area contributed by atoms with Gasteiger partial charge in [0.25, 0.3) is 5.56 Å². The van der Waals surface area contributed by atoms with Crippen molar-refractivity contribution in [2.24, 2.45) is 0 Å². The van der Waals surface area contributed by atoms with E-state index in [0.29, 0.717) is 18.7 Å². The molecule has 0 radical (unpaired) electrons. The third kappa shape index (κ3) is 5.06. The van der Waals surface area contributed by atoms with Crippen molar-refractivity contribution < 1.29 is 9.18 Å². The molecule has 3 aromatic carbocycles. The second kappa shape index (κ2) is 9.81. The monoisotopic (exact) mass is 465 g/mol. The zero-order valence-corrected chi connectivity index (χ0v) is 19.0.